The maximum absolute atomic E-state index is 10.2. The van der Waals surface area contributed by atoms with Crippen LogP contribution in [0.5, 0.6) is 0 Å². The van der Waals surface area contributed by atoms with Gasteiger partial charge in [-0.15, -0.1) is 13.2 Å². The maximum atomic E-state index is 10.2. The SMILES string of the molecule is C=CCON(N)N([C]=O)CC=C. The molecule has 0 aromatic heterocycles. The molecule has 1 radical (unpaired) electrons. The molecule has 0 aliphatic heterocycles. The molecule has 0 aromatic rings. The van der Waals surface area contributed by atoms with Crippen molar-refractivity contribution >= 4 is 6.41 Å². The lowest BCUT2D eigenvalue weighted by Crippen LogP contribution is -2.46. The molecule has 5 heteroatoms. The molecule has 0 spiro atoms. The first kappa shape index (κ1) is 10.8. The van der Waals surface area contributed by atoms with E-state index in [1.807, 2.05) is 0 Å². The number of amides is 1. The minimum absolute atomic E-state index is 0.228. The van der Waals surface area contributed by atoms with E-state index in [2.05, 4.69) is 13.2 Å². The average molecular weight is 170 g/mol. The highest BCUT2D eigenvalue weighted by atomic mass is 16.7. The van der Waals surface area contributed by atoms with Crippen LogP contribution in [0.1, 0.15) is 0 Å². The lowest BCUT2D eigenvalue weighted by Gasteiger charge is -2.23. The number of hydrogen-bond donors (Lipinski definition) is 1. The van der Waals surface area contributed by atoms with Gasteiger partial charge in [0.15, 0.2) is 0 Å². The van der Waals surface area contributed by atoms with Gasteiger partial charge in [0.25, 0.3) is 0 Å². The van der Waals surface area contributed by atoms with E-state index in [0.717, 1.165) is 10.3 Å². The summed E-state index contributed by atoms with van der Waals surface area (Å²) in [7, 11) is 0. The first-order chi connectivity index (χ1) is 5.76. The van der Waals surface area contributed by atoms with E-state index in [4.69, 9.17) is 10.7 Å². The first-order valence-electron chi connectivity index (χ1n) is 3.31. The van der Waals surface area contributed by atoms with Crippen molar-refractivity contribution in [3.63, 3.8) is 0 Å². The van der Waals surface area contributed by atoms with Crippen LogP contribution in [0.3, 0.4) is 0 Å². The molecule has 0 aromatic carbocycles. The Morgan fingerprint density at radius 1 is 1.50 bits per heavy atom. The fourth-order valence-electron chi connectivity index (χ4n) is 0.479. The summed E-state index contributed by atoms with van der Waals surface area (Å²) in [5.41, 5.74) is 0. The van der Waals surface area contributed by atoms with Crippen molar-refractivity contribution in [3.05, 3.63) is 25.3 Å². The number of hydrazine groups is 2. The van der Waals surface area contributed by atoms with Crippen molar-refractivity contribution < 1.29 is 9.63 Å². The predicted octanol–water partition coefficient (Wildman–Crippen LogP) is -0.250. The van der Waals surface area contributed by atoms with Crippen LogP contribution in [0.4, 0.5) is 0 Å². The van der Waals surface area contributed by atoms with Gasteiger partial charge in [0.05, 0.1) is 13.2 Å². The smallest absolute Gasteiger partial charge is 0.262 e. The molecule has 0 saturated carbocycles. The lowest BCUT2D eigenvalue weighted by atomic mass is 10.6. The van der Waals surface area contributed by atoms with Crippen LogP contribution >= 0.6 is 0 Å². The molecule has 67 valence electrons. The molecule has 0 aliphatic rings. The Balaban J connectivity index is 3.82. The zero-order valence-corrected chi connectivity index (χ0v) is 6.77. The molecule has 0 aliphatic carbocycles. The monoisotopic (exact) mass is 170 g/mol. The zero-order chi connectivity index (χ0) is 9.40. The van der Waals surface area contributed by atoms with Crippen molar-refractivity contribution in [2.75, 3.05) is 13.2 Å². The number of carbonyl (C=O) groups excluding carboxylic acids is 1. The lowest BCUT2D eigenvalue weighted by molar-refractivity contribution is -0.250. The van der Waals surface area contributed by atoms with Crippen molar-refractivity contribution in [3.8, 4) is 0 Å². The highest BCUT2D eigenvalue weighted by molar-refractivity contribution is 5.47. The molecular formula is C7H12N3O2. The molecule has 0 bridgehead atoms. The summed E-state index contributed by atoms with van der Waals surface area (Å²) in [6.45, 7) is 7.33. The molecular weight excluding hydrogens is 158 g/mol. The summed E-state index contributed by atoms with van der Waals surface area (Å²) >= 11 is 0. The van der Waals surface area contributed by atoms with E-state index in [1.54, 1.807) is 6.41 Å². The van der Waals surface area contributed by atoms with Gasteiger partial charge in [0.1, 0.15) is 0 Å². The van der Waals surface area contributed by atoms with Gasteiger partial charge in [0, 0.05) is 0 Å². The zero-order valence-electron chi connectivity index (χ0n) is 6.77. The van der Waals surface area contributed by atoms with Crippen molar-refractivity contribution in [1.29, 1.82) is 0 Å². The topological polar surface area (TPSA) is 58.8 Å². The van der Waals surface area contributed by atoms with Gasteiger partial charge in [-0.25, -0.2) is 10.9 Å². The first-order valence-corrected chi connectivity index (χ1v) is 3.31. The Morgan fingerprint density at radius 3 is 2.58 bits per heavy atom. The average Bonchev–Trinajstić information content (AvgIpc) is 2.10. The minimum atomic E-state index is 0.228. The van der Waals surface area contributed by atoms with E-state index in [0.29, 0.717) is 0 Å². The molecule has 0 heterocycles. The van der Waals surface area contributed by atoms with Gasteiger partial charge in [-0.2, -0.15) is 0 Å². The van der Waals surface area contributed by atoms with Crippen molar-refractivity contribution in [2.24, 2.45) is 5.84 Å². The summed E-state index contributed by atoms with van der Waals surface area (Å²) in [5.74, 6) is 5.28. The predicted molar refractivity (Wildman–Crippen MR) is 44.8 cm³/mol. The Kier molecular flexibility index (Phi) is 5.90. The van der Waals surface area contributed by atoms with E-state index < -0.39 is 0 Å². The van der Waals surface area contributed by atoms with Crippen LogP contribution in [0, 0.1) is 0 Å². The van der Waals surface area contributed by atoms with Crippen LogP contribution in [0.2, 0.25) is 0 Å². The number of nitrogens with zero attached hydrogens (tertiary/aromatic N) is 2. The van der Waals surface area contributed by atoms with Crippen LogP contribution in [-0.4, -0.2) is 29.9 Å². The molecule has 5 nitrogen and oxygen atoms in total. The van der Waals surface area contributed by atoms with Gasteiger partial charge in [-0.05, 0) is 5.28 Å². The summed E-state index contributed by atoms with van der Waals surface area (Å²) in [6.07, 6.45) is 4.58. The van der Waals surface area contributed by atoms with E-state index >= 15 is 0 Å². The van der Waals surface area contributed by atoms with E-state index in [-0.39, 0.29) is 13.2 Å². The van der Waals surface area contributed by atoms with Gasteiger partial charge >= 0.3 is 6.41 Å². The quantitative estimate of drug-likeness (QED) is 0.248. The molecule has 1 amide bonds. The second kappa shape index (κ2) is 6.53. The van der Waals surface area contributed by atoms with Crippen LogP contribution in [-0.2, 0) is 9.63 Å². The molecule has 0 saturated heterocycles. The Bertz CT molecular complexity index is 161. The second-order valence-corrected chi connectivity index (χ2v) is 1.85. The fraction of sp³-hybridized carbons (Fsp3) is 0.286. The molecule has 0 rings (SSSR count). The molecule has 2 N–H and O–H groups in total. The molecule has 12 heavy (non-hydrogen) atoms. The van der Waals surface area contributed by atoms with Crippen molar-refractivity contribution in [2.45, 2.75) is 0 Å². The Hall–Kier alpha value is -1.17. The van der Waals surface area contributed by atoms with Gasteiger partial charge < -0.3 is 0 Å². The van der Waals surface area contributed by atoms with Gasteiger partial charge in [0.2, 0.25) is 0 Å². The minimum Gasteiger partial charge on any atom is -0.262 e. The number of hydrogen-bond acceptors (Lipinski definition) is 4. The highest BCUT2D eigenvalue weighted by Gasteiger charge is 2.07. The van der Waals surface area contributed by atoms with Crippen LogP contribution in [0.25, 0.3) is 0 Å². The summed E-state index contributed by atoms with van der Waals surface area (Å²) in [5, 5.41) is 1.78. The standard InChI is InChI=1S/C7H12N3O2/c1-3-5-9(7-11)10(8)12-6-4-2/h3-4H,1-2,5-6,8H2. The number of nitrogens with two attached hydrogens (primary N) is 1. The third-order valence-electron chi connectivity index (χ3n) is 0.970. The Labute approximate surface area is 71.6 Å². The van der Waals surface area contributed by atoms with Crippen LogP contribution < -0.4 is 5.84 Å². The third kappa shape index (κ3) is 3.87. The van der Waals surface area contributed by atoms with E-state index in [9.17, 15) is 4.79 Å². The van der Waals surface area contributed by atoms with E-state index in [1.165, 1.54) is 12.2 Å². The molecule has 0 fully saturated rings. The summed E-state index contributed by atoms with van der Waals surface area (Å²) in [4.78, 5) is 15.0. The summed E-state index contributed by atoms with van der Waals surface area (Å²) < 4.78 is 0. The third-order valence-corrected chi connectivity index (χ3v) is 0.970. The van der Waals surface area contributed by atoms with Crippen molar-refractivity contribution in [1.82, 2.24) is 10.3 Å². The Morgan fingerprint density at radius 2 is 2.17 bits per heavy atom. The molecule has 0 atom stereocenters. The van der Waals surface area contributed by atoms with Crippen LogP contribution in [0.15, 0.2) is 25.3 Å². The normalized spacial score (nSPS) is 9.50. The largest absolute Gasteiger partial charge is 0.331 e. The highest BCUT2D eigenvalue weighted by Crippen LogP contribution is 1.89. The van der Waals surface area contributed by atoms with Gasteiger partial charge in [-0.1, -0.05) is 12.2 Å². The molecule has 0 unspecified atom stereocenters. The maximum Gasteiger partial charge on any atom is 0.331 e. The fourth-order valence-corrected chi connectivity index (χ4v) is 0.479. The summed E-state index contributed by atoms with van der Waals surface area (Å²) in [6, 6.07) is 0. The number of rotatable bonds is 7. The second-order valence-electron chi connectivity index (χ2n) is 1.85. The van der Waals surface area contributed by atoms with Gasteiger partial charge in [-0.3, -0.25) is 9.63 Å².